The number of sulfonamides is 1. The maximum absolute atomic E-state index is 13.0. The van der Waals surface area contributed by atoms with Crippen LogP contribution in [0.4, 0.5) is 4.79 Å². The maximum Gasteiger partial charge on any atom is 0.324 e. The number of amides is 4. The van der Waals surface area contributed by atoms with Crippen molar-refractivity contribution in [3.05, 3.63) is 65.2 Å². The van der Waals surface area contributed by atoms with E-state index >= 15 is 0 Å². The van der Waals surface area contributed by atoms with Crippen molar-refractivity contribution in [1.29, 1.82) is 0 Å². The van der Waals surface area contributed by atoms with Gasteiger partial charge in [0.05, 0.1) is 18.0 Å². The van der Waals surface area contributed by atoms with Crippen LogP contribution in [0.25, 0.3) is 0 Å². The van der Waals surface area contributed by atoms with E-state index in [1.54, 1.807) is 53.4 Å². The lowest BCUT2D eigenvalue weighted by Gasteiger charge is -2.22. The number of aryl methyl sites for hydroxylation is 1. The molecule has 2 saturated heterocycles. The molecule has 0 spiro atoms. The Kier molecular flexibility index (Phi) is 6.48. The van der Waals surface area contributed by atoms with Crippen molar-refractivity contribution in [1.82, 2.24) is 19.4 Å². The van der Waals surface area contributed by atoms with Gasteiger partial charge in [0.2, 0.25) is 15.9 Å². The van der Waals surface area contributed by atoms with Crippen LogP contribution in [-0.2, 0) is 21.4 Å². The lowest BCUT2D eigenvalue weighted by atomic mass is 10.1. The van der Waals surface area contributed by atoms with Crippen molar-refractivity contribution in [2.24, 2.45) is 0 Å². The highest BCUT2D eigenvalue weighted by Crippen LogP contribution is 2.19. The summed E-state index contributed by atoms with van der Waals surface area (Å²) in [5.74, 6) is -0.457. The van der Waals surface area contributed by atoms with Crippen LogP contribution in [0.3, 0.4) is 0 Å². The Morgan fingerprint density at radius 3 is 2.27 bits per heavy atom. The fourth-order valence-corrected chi connectivity index (χ4v) is 5.40. The van der Waals surface area contributed by atoms with Crippen LogP contribution in [0.15, 0.2) is 53.4 Å². The van der Waals surface area contributed by atoms with Gasteiger partial charge in [-0.25, -0.2) is 13.2 Å². The molecule has 10 heteroatoms. The minimum absolute atomic E-state index is 0.00101. The van der Waals surface area contributed by atoms with Crippen molar-refractivity contribution in [2.45, 2.75) is 24.8 Å². The topological polar surface area (TPSA) is 107 Å². The largest absolute Gasteiger partial charge is 0.337 e. The SMILES string of the molecule is Cc1ccc(S(=O)(=O)N2CCCN(C(=O)c3ccc(CN4C(=O)CNC4=O)cc3)CC2)cc1. The third-order valence-electron chi connectivity index (χ3n) is 5.88. The van der Waals surface area contributed by atoms with Gasteiger partial charge in [0.15, 0.2) is 0 Å². The fraction of sp³-hybridized carbons (Fsp3) is 0.348. The van der Waals surface area contributed by atoms with Gasteiger partial charge in [-0.2, -0.15) is 4.31 Å². The molecule has 0 aromatic heterocycles. The number of nitrogens with zero attached hydrogens (tertiary/aromatic N) is 3. The Morgan fingerprint density at radius 2 is 1.64 bits per heavy atom. The Morgan fingerprint density at radius 1 is 0.939 bits per heavy atom. The van der Waals surface area contributed by atoms with Crippen LogP contribution in [0.5, 0.6) is 0 Å². The quantitative estimate of drug-likeness (QED) is 0.668. The molecular formula is C23H26N4O5S. The Bertz CT molecular complexity index is 1150. The monoisotopic (exact) mass is 470 g/mol. The van der Waals surface area contributed by atoms with Gasteiger partial charge < -0.3 is 10.2 Å². The first kappa shape index (κ1) is 22.9. The zero-order chi connectivity index (χ0) is 23.6. The summed E-state index contributed by atoms with van der Waals surface area (Å²) in [6, 6.07) is 13.1. The summed E-state index contributed by atoms with van der Waals surface area (Å²) < 4.78 is 27.4. The molecule has 4 rings (SSSR count). The van der Waals surface area contributed by atoms with Crippen molar-refractivity contribution >= 4 is 27.9 Å². The molecule has 174 valence electrons. The number of carbonyl (C=O) groups excluding carboxylic acids is 3. The maximum atomic E-state index is 13.0. The Balaban J connectivity index is 1.40. The van der Waals surface area contributed by atoms with Crippen LogP contribution in [-0.4, -0.2) is 73.1 Å². The Labute approximate surface area is 193 Å². The highest BCUT2D eigenvalue weighted by molar-refractivity contribution is 7.89. The standard InChI is InChI=1S/C23H26N4O5S/c1-17-3-9-20(10-4-17)33(31,32)26-12-2-11-25(13-14-26)22(29)19-7-5-18(6-8-19)16-27-21(28)15-24-23(27)30/h3-10H,2,11-16H2,1H3,(H,24,30). The van der Waals surface area contributed by atoms with Gasteiger partial charge in [0, 0.05) is 31.7 Å². The molecule has 0 aliphatic carbocycles. The van der Waals surface area contributed by atoms with Crippen LogP contribution in [0.1, 0.15) is 27.9 Å². The summed E-state index contributed by atoms with van der Waals surface area (Å²) in [6.45, 7) is 3.39. The zero-order valence-electron chi connectivity index (χ0n) is 18.4. The highest BCUT2D eigenvalue weighted by Gasteiger charge is 2.30. The van der Waals surface area contributed by atoms with Crippen molar-refractivity contribution in [3.63, 3.8) is 0 Å². The summed E-state index contributed by atoms with van der Waals surface area (Å²) >= 11 is 0. The first-order chi connectivity index (χ1) is 15.8. The van der Waals surface area contributed by atoms with E-state index in [0.29, 0.717) is 31.6 Å². The summed E-state index contributed by atoms with van der Waals surface area (Å²) in [6.07, 6.45) is 0.543. The second-order valence-electron chi connectivity index (χ2n) is 8.20. The van der Waals surface area contributed by atoms with E-state index in [0.717, 1.165) is 16.0 Å². The first-order valence-corrected chi connectivity index (χ1v) is 12.2. The molecule has 9 nitrogen and oxygen atoms in total. The summed E-state index contributed by atoms with van der Waals surface area (Å²) in [5.41, 5.74) is 2.21. The molecule has 0 bridgehead atoms. The van der Waals surface area contributed by atoms with E-state index in [4.69, 9.17) is 0 Å². The second kappa shape index (κ2) is 9.32. The van der Waals surface area contributed by atoms with Crippen LogP contribution in [0.2, 0.25) is 0 Å². The minimum Gasteiger partial charge on any atom is -0.337 e. The van der Waals surface area contributed by atoms with E-state index < -0.39 is 16.1 Å². The number of urea groups is 1. The molecule has 33 heavy (non-hydrogen) atoms. The summed E-state index contributed by atoms with van der Waals surface area (Å²) in [4.78, 5) is 39.5. The van der Waals surface area contributed by atoms with Crippen LogP contribution >= 0.6 is 0 Å². The molecular weight excluding hydrogens is 444 g/mol. The molecule has 1 N–H and O–H groups in total. The third kappa shape index (κ3) is 4.91. The van der Waals surface area contributed by atoms with E-state index in [1.807, 2.05) is 6.92 Å². The first-order valence-electron chi connectivity index (χ1n) is 10.8. The van der Waals surface area contributed by atoms with Gasteiger partial charge in [0.1, 0.15) is 0 Å². The van der Waals surface area contributed by atoms with Gasteiger partial charge in [-0.15, -0.1) is 0 Å². The molecule has 4 amide bonds. The summed E-state index contributed by atoms with van der Waals surface area (Å²) in [7, 11) is -3.61. The molecule has 2 aromatic carbocycles. The predicted octanol–water partition coefficient (Wildman–Crippen LogP) is 1.58. The molecule has 2 fully saturated rings. The average molecular weight is 471 g/mol. The number of hydrogen-bond donors (Lipinski definition) is 1. The van der Waals surface area contributed by atoms with Crippen molar-refractivity contribution in [2.75, 3.05) is 32.7 Å². The normalized spacial score (nSPS) is 17.7. The van der Waals surface area contributed by atoms with Crippen molar-refractivity contribution < 1.29 is 22.8 Å². The molecule has 0 saturated carbocycles. The highest BCUT2D eigenvalue weighted by atomic mass is 32.2. The van der Waals surface area contributed by atoms with Crippen LogP contribution in [0, 0.1) is 6.92 Å². The van der Waals surface area contributed by atoms with Gasteiger partial charge in [0.25, 0.3) is 5.91 Å². The van der Waals surface area contributed by atoms with Gasteiger partial charge in [-0.05, 0) is 43.2 Å². The Hall–Kier alpha value is -3.24. The third-order valence-corrected chi connectivity index (χ3v) is 7.79. The smallest absolute Gasteiger partial charge is 0.324 e. The second-order valence-corrected chi connectivity index (χ2v) is 10.1. The predicted molar refractivity (Wildman–Crippen MR) is 121 cm³/mol. The van der Waals surface area contributed by atoms with E-state index in [-0.39, 0.29) is 36.3 Å². The van der Waals surface area contributed by atoms with Gasteiger partial charge in [-0.3, -0.25) is 14.5 Å². The van der Waals surface area contributed by atoms with Crippen molar-refractivity contribution in [3.8, 4) is 0 Å². The minimum atomic E-state index is -3.61. The molecule has 2 heterocycles. The number of rotatable bonds is 5. The fourth-order valence-electron chi connectivity index (χ4n) is 3.93. The average Bonchev–Trinajstić information content (AvgIpc) is 2.99. The van der Waals surface area contributed by atoms with E-state index in [1.165, 1.54) is 4.31 Å². The van der Waals surface area contributed by atoms with Crippen LogP contribution < -0.4 is 5.32 Å². The summed E-state index contributed by atoms with van der Waals surface area (Å²) in [5, 5.41) is 2.47. The van der Waals surface area contributed by atoms with Gasteiger partial charge >= 0.3 is 6.03 Å². The number of hydrogen-bond acceptors (Lipinski definition) is 5. The number of nitrogens with one attached hydrogen (secondary N) is 1. The van der Waals surface area contributed by atoms with E-state index in [2.05, 4.69) is 5.32 Å². The molecule has 2 aromatic rings. The lowest BCUT2D eigenvalue weighted by molar-refractivity contribution is -0.125. The van der Waals surface area contributed by atoms with Gasteiger partial charge in [-0.1, -0.05) is 29.8 Å². The molecule has 0 atom stereocenters. The number of carbonyl (C=O) groups is 3. The molecule has 2 aliphatic heterocycles. The number of imide groups is 1. The molecule has 0 radical (unpaired) electrons. The molecule has 0 unspecified atom stereocenters. The molecule has 2 aliphatic rings. The number of benzene rings is 2. The van der Waals surface area contributed by atoms with E-state index in [9.17, 15) is 22.8 Å². The lowest BCUT2D eigenvalue weighted by Crippen LogP contribution is -2.37. The zero-order valence-corrected chi connectivity index (χ0v) is 19.2.